The van der Waals surface area contributed by atoms with E-state index >= 15 is 0 Å². The van der Waals surface area contributed by atoms with Gasteiger partial charge < -0.3 is 21.1 Å². The summed E-state index contributed by atoms with van der Waals surface area (Å²) >= 11 is 6.30. The molecule has 4 aromatic rings. The molecule has 2 amide bonds. The minimum atomic E-state index is -0.391. The van der Waals surface area contributed by atoms with Crippen LogP contribution in [0.2, 0.25) is 0 Å². The molecule has 4 aromatic carbocycles. The Bertz CT molecular complexity index is 1600. The summed E-state index contributed by atoms with van der Waals surface area (Å²) in [4.78, 5) is 27.3. The highest BCUT2D eigenvalue weighted by Crippen LogP contribution is 2.46. The lowest BCUT2D eigenvalue weighted by atomic mass is 9.92. The van der Waals surface area contributed by atoms with Crippen molar-refractivity contribution in [1.82, 2.24) is 0 Å². The Morgan fingerprint density at radius 3 is 2.62 bits per heavy atom. The maximum Gasteiger partial charge on any atom is 0.303 e. The fraction of sp³-hybridized carbons (Fsp3) is 0.133. The molecule has 184 valence electrons. The number of alkyl halides is 1. The highest BCUT2D eigenvalue weighted by atomic mass is 35.5. The minimum absolute atomic E-state index is 0.0708. The predicted octanol–water partition coefficient (Wildman–Crippen LogP) is 5.41. The Hall–Kier alpha value is -4.47. The molecule has 0 bridgehead atoms. The average molecular weight is 510 g/mol. The molecule has 0 fully saturated rings. The summed E-state index contributed by atoms with van der Waals surface area (Å²) in [6.45, 7) is 2.37. The second kappa shape index (κ2) is 9.88. The summed E-state index contributed by atoms with van der Waals surface area (Å²) in [5, 5.41) is 15.2. The molecule has 0 unspecified atom stereocenters. The molecule has 1 heterocycles. The Kier molecular flexibility index (Phi) is 6.47. The molecule has 0 aromatic heterocycles. The Labute approximate surface area is 219 Å². The molecule has 0 saturated carbocycles. The van der Waals surface area contributed by atoms with E-state index in [1.165, 1.54) is 0 Å². The van der Waals surface area contributed by atoms with Crippen LogP contribution >= 0.6 is 11.6 Å². The first-order chi connectivity index (χ1) is 17.9. The predicted molar refractivity (Wildman–Crippen MR) is 148 cm³/mol. The summed E-state index contributed by atoms with van der Waals surface area (Å²) in [5.41, 5.74) is 10.5. The van der Waals surface area contributed by atoms with Crippen LogP contribution in [0, 0.1) is 18.8 Å². The smallest absolute Gasteiger partial charge is 0.303 e. The summed E-state index contributed by atoms with van der Waals surface area (Å²) in [6.07, 6.45) is 0. The number of hydrogen-bond donors (Lipinski definition) is 3. The molecule has 6 nitrogen and oxygen atoms in total. The van der Waals surface area contributed by atoms with E-state index in [0.29, 0.717) is 40.6 Å². The Morgan fingerprint density at radius 2 is 1.86 bits per heavy atom. The zero-order chi connectivity index (χ0) is 26.1. The molecule has 0 saturated heterocycles. The van der Waals surface area contributed by atoms with Crippen molar-refractivity contribution in [3.8, 4) is 17.6 Å². The molecule has 0 spiro atoms. The number of carbonyl (C=O) groups is 2. The lowest BCUT2D eigenvalue weighted by Crippen LogP contribution is -2.28. The van der Waals surface area contributed by atoms with E-state index in [4.69, 9.17) is 17.3 Å². The SMILES string of the molecule is Cc1cccc2c(O)cc3c(c12)[C@H](CCl)CN3C(=O)C#Cc1cccc(NC(=O)c2ccc(N)cc2)c1. The van der Waals surface area contributed by atoms with Gasteiger partial charge in [-0.05, 0) is 65.9 Å². The van der Waals surface area contributed by atoms with Crippen molar-refractivity contribution in [2.24, 2.45) is 0 Å². The number of anilines is 3. The monoisotopic (exact) mass is 509 g/mol. The number of fused-ring (bicyclic) bond motifs is 3. The molecule has 1 aliphatic heterocycles. The van der Waals surface area contributed by atoms with Gasteiger partial charge in [-0.1, -0.05) is 30.2 Å². The summed E-state index contributed by atoms with van der Waals surface area (Å²) in [5.74, 6) is 5.34. The van der Waals surface area contributed by atoms with E-state index < -0.39 is 5.91 Å². The zero-order valence-electron chi connectivity index (χ0n) is 20.1. The number of rotatable bonds is 3. The van der Waals surface area contributed by atoms with Crippen molar-refractivity contribution < 1.29 is 14.7 Å². The fourth-order valence-corrected chi connectivity index (χ4v) is 4.97. The van der Waals surface area contributed by atoms with Gasteiger partial charge in [-0.2, -0.15) is 0 Å². The second-order valence-electron chi connectivity index (χ2n) is 9.00. The van der Waals surface area contributed by atoms with E-state index in [0.717, 1.165) is 21.9 Å². The van der Waals surface area contributed by atoms with Crippen molar-refractivity contribution in [3.63, 3.8) is 0 Å². The molecular formula is C30H24ClN3O3. The second-order valence-corrected chi connectivity index (χ2v) is 9.31. The van der Waals surface area contributed by atoms with Gasteiger partial charge in [0.25, 0.3) is 5.91 Å². The van der Waals surface area contributed by atoms with Gasteiger partial charge in [0.05, 0.1) is 5.69 Å². The molecular weight excluding hydrogens is 486 g/mol. The molecule has 4 N–H and O–H groups in total. The molecule has 0 aliphatic carbocycles. The van der Waals surface area contributed by atoms with Crippen LogP contribution in [0.3, 0.4) is 0 Å². The van der Waals surface area contributed by atoms with E-state index in [9.17, 15) is 14.7 Å². The van der Waals surface area contributed by atoms with Gasteiger partial charge in [-0.25, -0.2) is 0 Å². The first-order valence-corrected chi connectivity index (χ1v) is 12.3. The molecule has 1 aliphatic rings. The first-order valence-electron chi connectivity index (χ1n) is 11.8. The van der Waals surface area contributed by atoms with E-state index in [1.54, 1.807) is 59.5 Å². The quantitative estimate of drug-likeness (QED) is 0.195. The number of nitrogens with zero attached hydrogens (tertiary/aromatic N) is 1. The van der Waals surface area contributed by atoms with Crippen molar-refractivity contribution in [1.29, 1.82) is 0 Å². The van der Waals surface area contributed by atoms with Gasteiger partial charge >= 0.3 is 5.91 Å². The molecule has 5 rings (SSSR count). The molecule has 37 heavy (non-hydrogen) atoms. The Morgan fingerprint density at radius 1 is 1.11 bits per heavy atom. The number of phenolic OH excluding ortho intramolecular Hbond substituents is 1. The number of halogens is 1. The van der Waals surface area contributed by atoms with Crippen molar-refractivity contribution >= 4 is 51.2 Å². The number of benzene rings is 4. The highest BCUT2D eigenvalue weighted by molar-refractivity contribution is 6.19. The summed E-state index contributed by atoms with van der Waals surface area (Å²) in [7, 11) is 0. The number of carbonyl (C=O) groups excluding carboxylic acids is 2. The van der Waals surface area contributed by atoms with Crippen LogP contribution in [0.1, 0.15) is 33.0 Å². The van der Waals surface area contributed by atoms with E-state index in [1.807, 2.05) is 25.1 Å². The normalized spacial score (nSPS) is 14.1. The number of phenols is 1. The maximum absolute atomic E-state index is 13.2. The van der Waals surface area contributed by atoms with Crippen molar-refractivity contribution in [2.45, 2.75) is 12.8 Å². The van der Waals surface area contributed by atoms with Gasteiger partial charge in [-0.15, -0.1) is 11.6 Å². The number of aromatic hydroxyl groups is 1. The first kappa shape index (κ1) is 24.2. The number of nitrogen functional groups attached to an aromatic ring is 1. The fourth-order valence-electron chi connectivity index (χ4n) is 4.72. The number of amides is 2. The third kappa shape index (κ3) is 4.69. The topological polar surface area (TPSA) is 95.7 Å². The Balaban J connectivity index is 1.40. The third-order valence-corrected chi connectivity index (χ3v) is 6.88. The van der Waals surface area contributed by atoms with Gasteiger partial charge in [0, 0.05) is 58.2 Å². The largest absolute Gasteiger partial charge is 0.507 e. The summed E-state index contributed by atoms with van der Waals surface area (Å²) in [6, 6.07) is 21.0. The van der Waals surface area contributed by atoms with Gasteiger partial charge in [0.2, 0.25) is 0 Å². The maximum atomic E-state index is 13.2. The van der Waals surface area contributed by atoms with Crippen LogP contribution in [0.15, 0.2) is 72.8 Å². The van der Waals surface area contributed by atoms with Crippen LogP contribution in [0.5, 0.6) is 5.75 Å². The van der Waals surface area contributed by atoms with Crippen LogP contribution in [-0.4, -0.2) is 29.3 Å². The van der Waals surface area contributed by atoms with Crippen molar-refractivity contribution in [3.05, 3.63) is 95.1 Å². The zero-order valence-corrected chi connectivity index (χ0v) is 20.8. The highest BCUT2D eigenvalue weighted by Gasteiger charge is 2.34. The number of nitrogens with one attached hydrogen (secondary N) is 1. The van der Waals surface area contributed by atoms with Crippen LogP contribution in [0.25, 0.3) is 10.8 Å². The van der Waals surface area contributed by atoms with Crippen LogP contribution in [-0.2, 0) is 4.79 Å². The number of aryl methyl sites for hydroxylation is 1. The van der Waals surface area contributed by atoms with Gasteiger partial charge in [-0.3, -0.25) is 9.59 Å². The lowest BCUT2D eigenvalue weighted by Gasteiger charge is -2.16. The van der Waals surface area contributed by atoms with Gasteiger partial charge in [0.1, 0.15) is 5.75 Å². The number of hydrogen-bond acceptors (Lipinski definition) is 4. The average Bonchev–Trinajstić information content (AvgIpc) is 3.26. The molecule has 0 radical (unpaired) electrons. The van der Waals surface area contributed by atoms with E-state index in [2.05, 4.69) is 17.2 Å². The van der Waals surface area contributed by atoms with Crippen LogP contribution in [0.4, 0.5) is 17.1 Å². The molecule has 1 atom stereocenters. The molecule has 7 heteroatoms. The number of nitrogens with two attached hydrogens (primary N) is 1. The third-order valence-electron chi connectivity index (χ3n) is 6.51. The lowest BCUT2D eigenvalue weighted by molar-refractivity contribution is -0.113. The standard InChI is InChI=1S/C30H24ClN3O3/c1-18-4-2-7-24-26(35)15-25-29(28(18)24)21(16-31)17-34(25)27(36)13-8-19-5-3-6-23(14-19)33-30(37)20-9-11-22(32)12-10-20/h2-7,9-12,14-15,21,35H,16-17,32H2,1H3,(H,33,37)/t21-/m1/s1. The van der Waals surface area contributed by atoms with Gasteiger partial charge in [0.15, 0.2) is 0 Å². The van der Waals surface area contributed by atoms with Crippen molar-refractivity contribution in [2.75, 3.05) is 28.4 Å². The summed E-state index contributed by atoms with van der Waals surface area (Å²) < 4.78 is 0. The van der Waals surface area contributed by atoms with E-state index in [-0.39, 0.29) is 17.6 Å². The minimum Gasteiger partial charge on any atom is -0.507 e. The van der Waals surface area contributed by atoms with Crippen LogP contribution < -0.4 is 16.0 Å².